The van der Waals surface area contributed by atoms with Crippen LogP contribution in [0.25, 0.3) is 0 Å². The van der Waals surface area contributed by atoms with Crippen LogP contribution in [0.3, 0.4) is 0 Å². The molecule has 0 aromatic heterocycles. The van der Waals surface area contributed by atoms with E-state index in [0.717, 1.165) is 22.8 Å². The number of hydrogen-bond donors (Lipinski definition) is 1. The van der Waals surface area contributed by atoms with Gasteiger partial charge in [-0.1, -0.05) is 24.4 Å². The van der Waals surface area contributed by atoms with Crippen LogP contribution >= 0.6 is 11.6 Å². The van der Waals surface area contributed by atoms with E-state index in [0.29, 0.717) is 6.10 Å². The van der Waals surface area contributed by atoms with Gasteiger partial charge in [0.05, 0.1) is 6.10 Å². The molecule has 0 aliphatic heterocycles. The topological polar surface area (TPSA) is 35.2 Å². The van der Waals surface area contributed by atoms with Gasteiger partial charge in [-0.05, 0) is 62.8 Å². The average Bonchev–Trinajstić information content (AvgIpc) is 2.60. The van der Waals surface area contributed by atoms with Gasteiger partial charge >= 0.3 is 0 Å². The molecule has 0 spiro atoms. The second-order valence-electron chi connectivity index (χ2n) is 5.66. The maximum Gasteiger partial charge on any atom is 0.123 e. The van der Waals surface area contributed by atoms with Crippen molar-refractivity contribution >= 4 is 11.6 Å². The summed E-state index contributed by atoms with van der Waals surface area (Å²) in [6.45, 7) is 2.01. The molecule has 1 fully saturated rings. The third kappa shape index (κ3) is 4.70. The molecule has 106 valence electrons. The lowest BCUT2D eigenvalue weighted by Gasteiger charge is -2.20. The Kier molecular flexibility index (Phi) is 5.53. The molecule has 0 saturated heterocycles. The molecule has 1 aromatic carbocycles. The van der Waals surface area contributed by atoms with Gasteiger partial charge in [0.1, 0.15) is 5.75 Å². The van der Waals surface area contributed by atoms with Crippen LogP contribution in [-0.4, -0.2) is 12.1 Å². The van der Waals surface area contributed by atoms with E-state index in [-0.39, 0.29) is 6.04 Å². The first kappa shape index (κ1) is 14.7. The standard InChI is InChI=1S/C16H24ClNO/c1-12(18)10-13-11-14(17)8-9-16(13)19-15-6-4-2-3-5-7-15/h8-9,11-12,15H,2-7,10,18H2,1H3. The fourth-order valence-electron chi connectivity index (χ4n) is 2.71. The summed E-state index contributed by atoms with van der Waals surface area (Å²) in [7, 11) is 0. The molecule has 0 bridgehead atoms. The second-order valence-corrected chi connectivity index (χ2v) is 6.10. The Hall–Kier alpha value is -0.730. The number of benzene rings is 1. The van der Waals surface area contributed by atoms with Gasteiger partial charge in [0.25, 0.3) is 0 Å². The van der Waals surface area contributed by atoms with Crippen LogP contribution in [0.5, 0.6) is 5.75 Å². The molecule has 2 nitrogen and oxygen atoms in total. The molecule has 1 atom stereocenters. The first-order chi connectivity index (χ1) is 9.15. The zero-order chi connectivity index (χ0) is 13.7. The Balaban J connectivity index is 2.09. The minimum Gasteiger partial charge on any atom is -0.490 e. The van der Waals surface area contributed by atoms with Crippen molar-refractivity contribution in [3.63, 3.8) is 0 Å². The van der Waals surface area contributed by atoms with Crippen LogP contribution in [0.15, 0.2) is 18.2 Å². The van der Waals surface area contributed by atoms with Gasteiger partial charge in [-0.15, -0.1) is 0 Å². The quantitative estimate of drug-likeness (QED) is 0.834. The summed E-state index contributed by atoms with van der Waals surface area (Å²) < 4.78 is 6.21. The number of nitrogens with two attached hydrogens (primary N) is 1. The molecule has 0 amide bonds. The lowest BCUT2D eigenvalue weighted by molar-refractivity contribution is 0.182. The summed E-state index contributed by atoms with van der Waals surface area (Å²) in [6.07, 6.45) is 8.74. The number of halogens is 1. The average molecular weight is 282 g/mol. The Morgan fingerprint density at radius 2 is 1.95 bits per heavy atom. The highest BCUT2D eigenvalue weighted by Crippen LogP contribution is 2.28. The monoisotopic (exact) mass is 281 g/mol. The number of ether oxygens (including phenoxy) is 1. The van der Waals surface area contributed by atoms with Crippen molar-refractivity contribution in [2.75, 3.05) is 0 Å². The summed E-state index contributed by atoms with van der Waals surface area (Å²) in [5.41, 5.74) is 7.03. The van der Waals surface area contributed by atoms with Crippen LogP contribution in [-0.2, 0) is 6.42 Å². The smallest absolute Gasteiger partial charge is 0.123 e. The van der Waals surface area contributed by atoms with Crippen LogP contribution in [0, 0.1) is 0 Å². The molecule has 19 heavy (non-hydrogen) atoms. The molecule has 1 aromatic rings. The van der Waals surface area contributed by atoms with Gasteiger partial charge in [0.2, 0.25) is 0 Å². The van der Waals surface area contributed by atoms with E-state index >= 15 is 0 Å². The van der Waals surface area contributed by atoms with E-state index in [1.165, 1.54) is 38.5 Å². The van der Waals surface area contributed by atoms with Crippen molar-refractivity contribution in [2.24, 2.45) is 5.73 Å². The molecule has 2 rings (SSSR count). The molecule has 1 saturated carbocycles. The molecule has 3 heteroatoms. The van der Waals surface area contributed by atoms with E-state index in [1.54, 1.807) is 0 Å². The molecule has 1 aliphatic rings. The highest BCUT2D eigenvalue weighted by Gasteiger charge is 2.16. The van der Waals surface area contributed by atoms with Crippen molar-refractivity contribution in [3.8, 4) is 5.75 Å². The highest BCUT2D eigenvalue weighted by atomic mass is 35.5. The van der Waals surface area contributed by atoms with Crippen LogP contribution in [0.4, 0.5) is 0 Å². The molecule has 0 heterocycles. The molecule has 0 radical (unpaired) electrons. The minimum absolute atomic E-state index is 0.120. The van der Waals surface area contributed by atoms with Gasteiger partial charge < -0.3 is 10.5 Å². The SMILES string of the molecule is CC(N)Cc1cc(Cl)ccc1OC1CCCCCC1. The van der Waals surface area contributed by atoms with E-state index in [1.807, 2.05) is 25.1 Å². The van der Waals surface area contributed by atoms with Gasteiger partial charge in [-0.2, -0.15) is 0 Å². The maximum absolute atomic E-state index is 6.21. The zero-order valence-corrected chi connectivity index (χ0v) is 12.5. The first-order valence-corrected chi connectivity index (χ1v) is 7.73. The molecule has 2 N–H and O–H groups in total. The Morgan fingerprint density at radius 1 is 1.26 bits per heavy atom. The summed E-state index contributed by atoms with van der Waals surface area (Å²) >= 11 is 6.07. The van der Waals surface area contributed by atoms with Crippen molar-refractivity contribution in [1.82, 2.24) is 0 Å². The van der Waals surface area contributed by atoms with E-state index < -0.39 is 0 Å². The van der Waals surface area contributed by atoms with Crippen LogP contribution in [0.2, 0.25) is 5.02 Å². The maximum atomic E-state index is 6.21. The Bertz CT molecular complexity index is 398. The molecular formula is C16H24ClNO. The minimum atomic E-state index is 0.120. The third-order valence-electron chi connectivity index (χ3n) is 3.66. The first-order valence-electron chi connectivity index (χ1n) is 7.36. The third-order valence-corrected chi connectivity index (χ3v) is 3.90. The fourth-order valence-corrected chi connectivity index (χ4v) is 2.90. The molecular weight excluding hydrogens is 258 g/mol. The van der Waals surface area contributed by atoms with Crippen molar-refractivity contribution in [3.05, 3.63) is 28.8 Å². The largest absolute Gasteiger partial charge is 0.490 e. The number of rotatable bonds is 4. The van der Waals surface area contributed by atoms with Gasteiger partial charge in [0, 0.05) is 11.1 Å². The summed E-state index contributed by atoms with van der Waals surface area (Å²) in [5, 5.41) is 0.754. The van der Waals surface area contributed by atoms with E-state index in [9.17, 15) is 0 Å². The van der Waals surface area contributed by atoms with E-state index in [4.69, 9.17) is 22.1 Å². The van der Waals surface area contributed by atoms with Crippen molar-refractivity contribution < 1.29 is 4.74 Å². The molecule has 1 unspecified atom stereocenters. The zero-order valence-electron chi connectivity index (χ0n) is 11.7. The van der Waals surface area contributed by atoms with Crippen molar-refractivity contribution in [2.45, 2.75) is 64.0 Å². The predicted molar refractivity (Wildman–Crippen MR) is 80.9 cm³/mol. The lowest BCUT2D eigenvalue weighted by atomic mass is 10.1. The molecule has 1 aliphatic carbocycles. The second kappa shape index (κ2) is 7.16. The van der Waals surface area contributed by atoms with Crippen molar-refractivity contribution in [1.29, 1.82) is 0 Å². The lowest BCUT2D eigenvalue weighted by Crippen LogP contribution is -2.20. The highest BCUT2D eigenvalue weighted by molar-refractivity contribution is 6.30. The van der Waals surface area contributed by atoms with Crippen LogP contribution in [0.1, 0.15) is 51.0 Å². The predicted octanol–water partition coefficient (Wildman–Crippen LogP) is 4.33. The number of hydrogen-bond acceptors (Lipinski definition) is 2. The normalized spacial score (nSPS) is 18.9. The van der Waals surface area contributed by atoms with Gasteiger partial charge in [-0.3, -0.25) is 0 Å². The Labute approximate surface area is 121 Å². The van der Waals surface area contributed by atoms with E-state index in [2.05, 4.69) is 0 Å². The van der Waals surface area contributed by atoms with Gasteiger partial charge in [0.15, 0.2) is 0 Å². The summed E-state index contributed by atoms with van der Waals surface area (Å²) in [5.74, 6) is 0.966. The Morgan fingerprint density at radius 3 is 2.58 bits per heavy atom. The van der Waals surface area contributed by atoms with Gasteiger partial charge in [-0.25, -0.2) is 0 Å². The summed E-state index contributed by atoms with van der Waals surface area (Å²) in [6, 6.07) is 6.00. The summed E-state index contributed by atoms with van der Waals surface area (Å²) in [4.78, 5) is 0. The fraction of sp³-hybridized carbons (Fsp3) is 0.625. The van der Waals surface area contributed by atoms with Crippen LogP contribution < -0.4 is 10.5 Å².